The van der Waals surface area contributed by atoms with Gasteiger partial charge in [0, 0.05) is 6.42 Å². The molecule has 2 rings (SSSR count). The summed E-state index contributed by atoms with van der Waals surface area (Å²) in [6.45, 7) is 0. The Morgan fingerprint density at radius 2 is 2.22 bits per heavy atom. The number of hydrogen-bond acceptors (Lipinski definition) is 3. The molecular weight excluding hydrogens is 239 g/mol. The third-order valence-corrected chi connectivity index (χ3v) is 3.38. The van der Waals surface area contributed by atoms with Crippen LogP contribution in [0.25, 0.3) is 0 Å². The molecule has 18 heavy (non-hydrogen) atoms. The molecule has 0 aliphatic heterocycles. The normalized spacial score (nSPS) is 26.5. The quantitative estimate of drug-likeness (QED) is 0.856. The summed E-state index contributed by atoms with van der Waals surface area (Å²) in [5.41, 5.74) is -0.767. The van der Waals surface area contributed by atoms with E-state index in [1.807, 2.05) is 0 Å². The number of rotatable bonds is 4. The highest BCUT2D eigenvalue weighted by molar-refractivity contribution is 5.71. The van der Waals surface area contributed by atoms with Gasteiger partial charge in [-0.2, -0.15) is 0 Å². The number of aliphatic carboxylic acids is 1. The first kappa shape index (κ1) is 12.8. The van der Waals surface area contributed by atoms with Crippen LogP contribution >= 0.6 is 0 Å². The molecule has 0 amide bonds. The van der Waals surface area contributed by atoms with Gasteiger partial charge < -0.3 is 14.9 Å². The van der Waals surface area contributed by atoms with Crippen LogP contribution < -0.4 is 4.74 Å². The van der Waals surface area contributed by atoms with Gasteiger partial charge in [0.2, 0.25) is 0 Å². The third kappa shape index (κ3) is 2.31. The van der Waals surface area contributed by atoms with Gasteiger partial charge in [-0.05, 0) is 24.5 Å². The Bertz CT molecular complexity index is 466. The van der Waals surface area contributed by atoms with Crippen molar-refractivity contribution in [2.45, 2.75) is 24.9 Å². The number of benzene rings is 1. The molecule has 0 spiro atoms. The van der Waals surface area contributed by atoms with Gasteiger partial charge in [0.05, 0.1) is 18.6 Å². The monoisotopic (exact) mass is 254 g/mol. The van der Waals surface area contributed by atoms with E-state index in [0.29, 0.717) is 5.56 Å². The summed E-state index contributed by atoms with van der Waals surface area (Å²) in [6, 6.07) is 4.72. The van der Waals surface area contributed by atoms with Crippen LogP contribution in [-0.4, -0.2) is 28.9 Å². The lowest BCUT2D eigenvalue weighted by atomic mass is 9.68. The van der Waals surface area contributed by atoms with E-state index in [4.69, 9.17) is 9.84 Å². The minimum atomic E-state index is -1.11. The largest absolute Gasteiger partial charge is 0.494 e. The van der Waals surface area contributed by atoms with Gasteiger partial charge in [0.25, 0.3) is 0 Å². The maximum absolute atomic E-state index is 13.9. The van der Waals surface area contributed by atoms with E-state index in [0.717, 1.165) is 0 Å². The van der Waals surface area contributed by atoms with Crippen molar-refractivity contribution >= 4 is 5.97 Å². The van der Waals surface area contributed by atoms with Gasteiger partial charge in [0.15, 0.2) is 11.6 Å². The molecule has 0 unspecified atom stereocenters. The topological polar surface area (TPSA) is 66.8 Å². The number of carboxylic acids is 1. The predicted molar refractivity (Wildman–Crippen MR) is 62.0 cm³/mol. The molecule has 1 aromatic rings. The average molecular weight is 254 g/mol. The predicted octanol–water partition coefficient (Wildman–Crippen LogP) is 1.60. The van der Waals surface area contributed by atoms with Crippen molar-refractivity contribution in [3.63, 3.8) is 0 Å². The van der Waals surface area contributed by atoms with Gasteiger partial charge in [0.1, 0.15) is 0 Å². The first-order chi connectivity index (χ1) is 8.45. The van der Waals surface area contributed by atoms with Crippen molar-refractivity contribution in [3.05, 3.63) is 29.6 Å². The Hall–Kier alpha value is -1.62. The summed E-state index contributed by atoms with van der Waals surface area (Å²) < 4.78 is 18.7. The fourth-order valence-corrected chi connectivity index (χ4v) is 2.38. The number of carboxylic acid groups (broad SMARTS) is 1. The number of aliphatic hydroxyl groups is 1. The summed E-state index contributed by atoms with van der Waals surface area (Å²) in [5, 5.41) is 18.9. The molecule has 2 N–H and O–H groups in total. The highest BCUT2D eigenvalue weighted by Gasteiger charge is 2.46. The number of ether oxygens (including phenoxy) is 1. The number of halogens is 1. The van der Waals surface area contributed by atoms with Crippen LogP contribution in [0.4, 0.5) is 4.39 Å². The van der Waals surface area contributed by atoms with Gasteiger partial charge in [-0.3, -0.25) is 4.79 Å². The molecule has 0 aromatic heterocycles. The molecule has 0 atom stereocenters. The highest BCUT2D eigenvalue weighted by atomic mass is 19.1. The summed E-state index contributed by atoms with van der Waals surface area (Å²) in [6.07, 6.45) is 0.442. The van der Waals surface area contributed by atoms with Crippen molar-refractivity contribution in [2.75, 3.05) is 7.11 Å². The lowest BCUT2D eigenvalue weighted by molar-refractivity contribution is -0.158. The summed E-state index contributed by atoms with van der Waals surface area (Å²) in [4.78, 5) is 10.7. The molecule has 1 saturated carbocycles. The van der Waals surface area contributed by atoms with Crippen LogP contribution in [-0.2, 0) is 11.2 Å². The number of methoxy groups -OCH3 is 1. The van der Waals surface area contributed by atoms with Crippen LogP contribution in [0.3, 0.4) is 0 Å². The fraction of sp³-hybridized carbons (Fsp3) is 0.462. The number of carbonyl (C=O) groups is 1. The Labute approximate surface area is 104 Å². The molecule has 1 aromatic carbocycles. The standard InChI is InChI=1S/C13H15FO4/c1-18-10-4-2-3-8(11(10)14)5-13(17)6-9(7-13)12(15)16/h2-4,9,17H,5-7H2,1H3,(H,15,16). The SMILES string of the molecule is COc1cccc(CC2(O)CC(C(=O)O)C2)c1F. The van der Waals surface area contributed by atoms with Crippen LogP contribution in [0.15, 0.2) is 18.2 Å². The Balaban J connectivity index is 2.09. The summed E-state index contributed by atoms with van der Waals surface area (Å²) >= 11 is 0. The zero-order valence-corrected chi connectivity index (χ0v) is 10.0. The first-order valence-corrected chi connectivity index (χ1v) is 5.72. The summed E-state index contributed by atoms with van der Waals surface area (Å²) in [7, 11) is 1.38. The Morgan fingerprint density at radius 3 is 2.78 bits per heavy atom. The molecule has 0 bridgehead atoms. The van der Waals surface area contributed by atoms with Crippen LogP contribution in [0.5, 0.6) is 5.75 Å². The minimum Gasteiger partial charge on any atom is -0.494 e. The lowest BCUT2D eigenvalue weighted by Gasteiger charge is -2.41. The van der Waals surface area contributed by atoms with E-state index in [1.54, 1.807) is 12.1 Å². The van der Waals surface area contributed by atoms with E-state index in [1.165, 1.54) is 13.2 Å². The second-order valence-electron chi connectivity index (χ2n) is 4.78. The first-order valence-electron chi connectivity index (χ1n) is 5.72. The maximum Gasteiger partial charge on any atom is 0.306 e. The average Bonchev–Trinajstić information content (AvgIpc) is 2.28. The van der Waals surface area contributed by atoms with Gasteiger partial charge in [-0.25, -0.2) is 4.39 Å². The molecular formula is C13H15FO4. The fourth-order valence-electron chi connectivity index (χ4n) is 2.38. The Morgan fingerprint density at radius 1 is 1.56 bits per heavy atom. The number of hydrogen-bond donors (Lipinski definition) is 2. The third-order valence-electron chi connectivity index (χ3n) is 3.38. The van der Waals surface area contributed by atoms with Crippen molar-refractivity contribution < 1.29 is 24.1 Å². The molecule has 5 heteroatoms. The lowest BCUT2D eigenvalue weighted by Crippen LogP contribution is -2.48. The molecule has 1 fully saturated rings. The van der Waals surface area contributed by atoms with E-state index >= 15 is 0 Å². The second-order valence-corrected chi connectivity index (χ2v) is 4.78. The van der Waals surface area contributed by atoms with Crippen LogP contribution in [0, 0.1) is 11.7 Å². The maximum atomic E-state index is 13.9. The minimum absolute atomic E-state index is 0.111. The molecule has 0 saturated heterocycles. The van der Waals surface area contributed by atoms with E-state index in [-0.39, 0.29) is 25.0 Å². The molecule has 1 aliphatic carbocycles. The van der Waals surface area contributed by atoms with Gasteiger partial charge in [-0.1, -0.05) is 12.1 Å². The van der Waals surface area contributed by atoms with Crippen LogP contribution in [0.1, 0.15) is 18.4 Å². The summed E-state index contributed by atoms with van der Waals surface area (Å²) in [5.74, 6) is -1.80. The molecule has 0 heterocycles. The second kappa shape index (κ2) is 4.57. The van der Waals surface area contributed by atoms with Crippen molar-refractivity contribution in [2.24, 2.45) is 5.92 Å². The van der Waals surface area contributed by atoms with E-state index < -0.39 is 23.3 Å². The Kier molecular flexibility index (Phi) is 3.26. The smallest absolute Gasteiger partial charge is 0.306 e. The highest BCUT2D eigenvalue weighted by Crippen LogP contribution is 2.41. The van der Waals surface area contributed by atoms with Crippen LogP contribution in [0.2, 0.25) is 0 Å². The van der Waals surface area contributed by atoms with E-state index in [2.05, 4.69) is 0 Å². The zero-order valence-electron chi connectivity index (χ0n) is 10.0. The van der Waals surface area contributed by atoms with Gasteiger partial charge >= 0.3 is 5.97 Å². The van der Waals surface area contributed by atoms with Crippen molar-refractivity contribution in [3.8, 4) is 5.75 Å². The zero-order chi connectivity index (χ0) is 13.3. The molecule has 0 radical (unpaired) electrons. The molecule has 4 nitrogen and oxygen atoms in total. The van der Waals surface area contributed by atoms with Gasteiger partial charge in [-0.15, -0.1) is 0 Å². The van der Waals surface area contributed by atoms with Crippen molar-refractivity contribution in [1.29, 1.82) is 0 Å². The molecule has 98 valence electrons. The van der Waals surface area contributed by atoms with Crippen molar-refractivity contribution in [1.82, 2.24) is 0 Å². The molecule has 1 aliphatic rings. The van der Waals surface area contributed by atoms with E-state index in [9.17, 15) is 14.3 Å².